The Kier molecular flexibility index (Phi) is 5.54. The number of rotatable bonds is 5. The van der Waals surface area contributed by atoms with Crippen molar-refractivity contribution in [2.24, 2.45) is 0 Å². The van der Waals surface area contributed by atoms with Crippen LogP contribution in [0.2, 0.25) is 0 Å². The van der Waals surface area contributed by atoms with Crippen LogP contribution in [-0.2, 0) is 9.30 Å². The lowest BCUT2D eigenvalue weighted by molar-refractivity contribution is -0.273. The van der Waals surface area contributed by atoms with Crippen LogP contribution in [0.5, 0.6) is 6.01 Å². The fraction of sp³-hybridized carbons (Fsp3) is 0.467. The number of fused-ring (bicyclic) bond motifs is 1. The number of aliphatic hydroxyl groups is 3. The summed E-state index contributed by atoms with van der Waals surface area (Å²) in [5.74, 6) is 0. The Morgan fingerprint density at radius 1 is 1.12 bits per heavy atom. The van der Waals surface area contributed by atoms with Crippen LogP contribution >= 0.6 is 7.60 Å². The van der Waals surface area contributed by atoms with E-state index in [0.717, 1.165) is 5.39 Å². The molecule has 1 aliphatic rings. The number of benzene rings is 1. The average molecular weight is 386 g/mol. The van der Waals surface area contributed by atoms with E-state index >= 15 is 0 Å². The van der Waals surface area contributed by atoms with Crippen LogP contribution in [0.25, 0.3) is 10.9 Å². The first-order chi connectivity index (χ1) is 12.2. The molecule has 1 fully saturated rings. The third-order valence-electron chi connectivity index (χ3n) is 4.06. The summed E-state index contributed by atoms with van der Waals surface area (Å²) in [5, 5.41) is 30.8. The average Bonchev–Trinajstić information content (AvgIpc) is 2.60. The normalized spacial score (nSPS) is 29.7. The van der Waals surface area contributed by atoms with Gasteiger partial charge in [0.15, 0.2) is 0 Å². The van der Waals surface area contributed by atoms with Crippen LogP contribution in [0.4, 0.5) is 0 Å². The molecule has 0 bridgehead atoms. The van der Waals surface area contributed by atoms with Gasteiger partial charge in [0, 0.05) is 11.6 Å². The van der Waals surface area contributed by atoms with Gasteiger partial charge in [0.25, 0.3) is 0 Å². The summed E-state index contributed by atoms with van der Waals surface area (Å²) in [4.78, 5) is 26.1. The Morgan fingerprint density at radius 2 is 1.85 bits per heavy atom. The molecule has 0 radical (unpaired) electrons. The molecular weight excluding hydrogens is 367 g/mol. The van der Waals surface area contributed by atoms with Crippen LogP contribution in [-0.4, -0.2) is 71.9 Å². The summed E-state index contributed by atoms with van der Waals surface area (Å²) >= 11 is 0. The second-order valence-corrected chi connectivity index (χ2v) is 7.80. The predicted molar refractivity (Wildman–Crippen MR) is 88.4 cm³/mol. The Labute approximate surface area is 148 Å². The third-order valence-corrected chi connectivity index (χ3v) is 4.90. The van der Waals surface area contributed by atoms with E-state index in [9.17, 15) is 19.9 Å². The lowest BCUT2D eigenvalue weighted by atomic mass is 9.97. The summed E-state index contributed by atoms with van der Waals surface area (Å²) in [6.45, 7) is 0. The Balaban J connectivity index is 1.75. The van der Waals surface area contributed by atoms with Crippen molar-refractivity contribution < 1.29 is 39.1 Å². The highest BCUT2D eigenvalue weighted by Gasteiger charge is 2.45. The van der Waals surface area contributed by atoms with Gasteiger partial charge in [-0.15, -0.1) is 0 Å². The largest absolute Gasteiger partial charge is 0.430 e. The first kappa shape index (κ1) is 19.1. The van der Waals surface area contributed by atoms with Crippen molar-refractivity contribution in [3.05, 3.63) is 30.5 Å². The molecule has 2 heterocycles. The van der Waals surface area contributed by atoms with Gasteiger partial charge in [-0.1, -0.05) is 18.2 Å². The molecule has 0 spiro atoms. The summed E-state index contributed by atoms with van der Waals surface area (Å²) in [6, 6.07) is 7.05. The smallest absolute Gasteiger partial charge is 0.325 e. The van der Waals surface area contributed by atoms with E-state index in [2.05, 4.69) is 9.97 Å². The highest BCUT2D eigenvalue weighted by molar-refractivity contribution is 7.51. The van der Waals surface area contributed by atoms with Crippen molar-refractivity contribution in [3.8, 4) is 6.01 Å². The maximum absolute atomic E-state index is 11.0. The number of aliphatic hydroxyl groups excluding tert-OH is 3. The van der Waals surface area contributed by atoms with Gasteiger partial charge in [-0.25, -0.2) is 4.98 Å². The fourth-order valence-corrected chi connectivity index (χ4v) is 3.25. The molecule has 0 amide bonds. The van der Waals surface area contributed by atoms with Gasteiger partial charge in [-0.05, 0) is 12.5 Å². The quantitative estimate of drug-likeness (QED) is 0.419. The first-order valence-electron chi connectivity index (χ1n) is 7.87. The lowest BCUT2D eigenvalue weighted by Gasteiger charge is -2.39. The zero-order valence-electron chi connectivity index (χ0n) is 13.5. The molecule has 0 aliphatic carbocycles. The zero-order valence-corrected chi connectivity index (χ0v) is 14.4. The number of hydrogen-bond donors (Lipinski definition) is 5. The third kappa shape index (κ3) is 4.36. The SMILES string of the molecule is O=P(O)(O)CC[C@H]1OC(Oc2ncc3ccccc3n2)[C@@H](O)[C@@H](O)[C@@H]1O. The molecule has 0 saturated carbocycles. The number of hydrogen-bond acceptors (Lipinski definition) is 8. The number of aromatic nitrogens is 2. The summed E-state index contributed by atoms with van der Waals surface area (Å²) in [5.41, 5.74) is 0.599. The monoisotopic (exact) mass is 386 g/mol. The summed E-state index contributed by atoms with van der Waals surface area (Å²) in [6.07, 6.45) is -6.52. The molecule has 26 heavy (non-hydrogen) atoms. The number of para-hydroxylation sites is 1. The van der Waals surface area contributed by atoms with E-state index in [-0.39, 0.29) is 12.4 Å². The van der Waals surface area contributed by atoms with Crippen LogP contribution in [0, 0.1) is 0 Å². The molecule has 1 aromatic heterocycles. The molecule has 3 rings (SSSR count). The molecule has 2 aromatic rings. The summed E-state index contributed by atoms with van der Waals surface area (Å²) in [7, 11) is -4.31. The predicted octanol–water partition coefficient (Wildman–Crippen LogP) is -0.616. The van der Waals surface area contributed by atoms with E-state index in [0.29, 0.717) is 5.52 Å². The molecular formula is C15H19N2O8P. The van der Waals surface area contributed by atoms with Crippen molar-refractivity contribution in [3.63, 3.8) is 0 Å². The van der Waals surface area contributed by atoms with Crippen molar-refractivity contribution in [2.45, 2.75) is 37.1 Å². The van der Waals surface area contributed by atoms with Crippen LogP contribution < -0.4 is 4.74 Å². The standard InChI is InChI=1S/C15H19N2O8P/c18-11-10(5-6-26(21,22)23)24-14(13(20)12(11)19)25-15-16-7-8-3-1-2-4-9(8)17-15/h1-4,7,10-14,18-20H,5-6H2,(H2,21,22,23)/t10-,11-,12+,13+,14?/m1/s1. The fourth-order valence-electron chi connectivity index (χ4n) is 2.66. The van der Waals surface area contributed by atoms with E-state index in [1.54, 1.807) is 12.1 Å². The molecule has 142 valence electrons. The zero-order chi connectivity index (χ0) is 18.9. The Bertz CT molecular complexity index is 815. The second kappa shape index (κ2) is 7.53. The van der Waals surface area contributed by atoms with Crippen molar-refractivity contribution in [1.29, 1.82) is 0 Å². The van der Waals surface area contributed by atoms with Gasteiger partial charge in [0.1, 0.15) is 18.3 Å². The second-order valence-electron chi connectivity index (χ2n) is 6.02. The molecule has 1 aromatic carbocycles. The Morgan fingerprint density at radius 3 is 2.58 bits per heavy atom. The first-order valence-corrected chi connectivity index (χ1v) is 9.67. The Hall–Kier alpha value is -1.65. The molecule has 5 N–H and O–H groups in total. The van der Waals surface area contributed by atoms with Gasteiger partial charge in [0.2, 0.25) is 6.29 Å². The minimum absolute atomic E-state index is 0.106. The molecule has 5 atom stereocenters. The van der Waals surface area contributed by atoms with Gasteiger partial charge in [-0.3, -0.25) is 4.57 Å². The van der Waals surface area contributed by atoms with Gasteiger partial charge in [-0.2, -0.15) is 4.98 Å². The van der Waals surface area contributed by atoms with E-state index in [4.69, 9.17) is 19.3 Å². The van der Waals surface area contributed by atoms with Crippen molar-refractivity contribution >= 4 is 18.5 Å². The molecule has 1 aliphatic heterocycles. The molecule has 1 unspecified atom stereocenters. The minimum Gasteiger partial charge on any atom is -0.430 e. The van der Waals surface area contributed by atoms with Crippen LogP contribution in [0.1, 0.15) is 6.42 Å². The highest BCUT2D eigenvalue weighted by atomic mass is 31.2. The van der Waals surface area contributed by atoms with E-state index in [1.807, 2.05) is 12.1 Å². The molecule has 10 nitrogen and oxygen atoms in total. The van der Waals surface area contributed by atoms with Gasteiger partial charge >= 0.3 is 13.6 Å². The lowest BCUT2D eigenvalue weighted by Crippen LogP contribution is -2.59. The minimum atomic E-state index is -4.31. The number of nitrogens with zero attached hydrogens (tertiary/aromatic N) is 2. The van der Waals surface area contributed by atoms with E-state index in [1.165, 1.54) is 6.20 Å². The van der Waals surface area contributed by atoms with Crippen LogP contribution in [0.15, 0.2) is 30.5 Å². The maximum Gasteiger partial charge on any atom is 0.325 e. The highest BCUT2D eigenvalue weighted by Crippen LogP contribution is 2.37. The van der Waals surface area contributed by atoms with Crippen LogP contribution in [0.3, 0.4) is 0 Å². The number of ether oxygens (including phenoxy) is 2. The van der Waals surface area contributed by atoms with Gasteiger partial charge in [0.05, 0.1) is 17.8 Å². The van der Waals surface area contributed by atoms with Crippen molar-refractivity contribution in [1.82, 2.24) is 9.97 Å². The molecule has 11 heteroatoms. The van der Waals surface area contributed by atoms with Gasteiger partial charge < -0.3 is 34.6 Å². The maximum atomic E-state index is 11.0. The topological polar surface area (TPSA) is 162 Å². The van der Waals surface area contributed by atoms with E-state index < -0.39 is 44.5 Å². The van der Waals surface area contributed by atoms with Crippen molar-refractivity contribution in [2.75, 3.05) is 6.16 Å². The summed E-state index contributed by atoms with van der Waals surface area (Å²) < 4.78 is 21.8. The molecule has 1 saturated heterocycles.